The highest BCUT2D eigenvalue weighted by Gasteiger charge is 2.26. The number of rotatable bonds is 4. The van der Waals surface area contributed by atoms with Crippen LogP contribution in [0.4, 0.5) is 0 Å². The summed E-state index contributed by atoms with van der Waals surface area (Å²) in [4.78, 5) is 3.84. The average molecular weight is 347 g/mol. The molecule has 1 aromatic rings. The van der Waals surface area contributed by atoms with Gasteiger partial charge < -0.3 is 0 Å². The molecule has 0 amide bonds. The normalized spacial score (nSPS) is 13.8. The van der Waals surface area contributed by atoms with Gasteiger partial charge >= 0.3 is 0 Å². The van der Waals surface area contributed by atoms with Crippen molar-refractivity contribution in [2.45, 2.75) is 23.6 Å². The third kappa shape index (κ3) is 3.09. The summed E-state index contributed by atoms with van der Waals surface area (Å²) in [5.74, 6) is 0.297. The Morgan fingerprint density at radius 2 is 2.19 bits per heavy atom. The molecule has 1 aromatic heterocycles. The lowest BCUT2D eigenvalue weighted by Crippen LogP contribution is -2.20. The number of halogens is 3. The molecule has 0 aliphatic heterocycles. The molecule has 0 aromatic carbocycles. The lowest BCUT2D eigenvalue weighted by atomic mass is 10.4. The molecule has 0 spiro atoms. The van der Waals surface area contributed by atoms with Crippen LogP contribution >= 0.6 is 39.1 Å². The van der Waals surface area contributed by atoms with Gasteiger partial charge in [-0.15, -0.1) is 11.6 Å². The van der Waals surface area contributed by atoms with Crippen LogP contribution in [-0.2, 0) is 9.84 Å². The fourth-order valence-electron chi connectivity index (χ4n) is 1.11. The molecule has 0 fully saturated rings. The van der Waals surface area contributed by atoms with Crippen LogP contribution in [0.1, 0.15) is 13.3 Å². The van der Waals surface area contributed by atoms with Crippen LogP contribution in [0.25, 0.3) is 0 Å². The SMILES string of the molecule is CC(CCCl)S(=O)(=O)c1ncc(Cl)cc1Br. The molecule has 1 unspecified atom stereocenters. The van der Waals surface area contributed by atoms with Crippen molar-refractivity contribution in [1.29, 1.82) is 0 Å². The number of nitrogens with zero attached hydrogens (tertiary/aromatic N) is 1. The lowest BCUT2D eigenvalue weighted by Gasteiger charge is -2.11. The molecule has 0 aliphatic rings. The minimum Gasteiger partial charge on any atom is -0.242 e. The monoisotopic (exact) mass is 345 g/mol. The van der Waals surface area contributed by atoms with Gasteiger partial charge in [0.25, 0.3) is 0 Å². The second-order valence-corrected chi connectivity index (χ2v) is 7.22. The Bertz CT molecular complexity index is 478. The Morgan fingerprint density at radius 3 is 2.69 bits per heavy atom. The maximum Gasteiger partial charge on any atom is 0.199 e. The first kappa shape index (κ1) is 14.2. The quantitative estimate of drug-likeness (QED) is 0.786. The maximum atomic E-state index is 12.1. The Hall–Kier alpha value is 0.160. The molecule has 7 heteroatoms. The average Bonchev–Trinajstić information content (AvgIpc) is 2.17. The van der Waals surface area contributed by atoms with Crippen molar-refractivity contribution in [3.63, 3.8) is 0 Å². The summed E-state index contributed by atoms with van der Waals surface area (Å²) in [6.45, 7) is 1.61. The van der Waals surface area contributed by atoms with E-state index >= 15 is 0 Å². The minimum atomic E-state index is -3.45. The van der Waals surface area contributed by atoms with E-state index in [0.29, 0.717) is 21.8 Å². The van der Waals surface area contributed by atoms with Gasteiger partial charge in [0, 0.05) is 12.1 Å². The first-order valence-electron chi connectivity index (χ1n) is 4.50. The third-order valence-corrected chi connectivity index (χ3v) is 5.54. The first-order chi connectivity index (χ1) is 7.39. The van der Waals surface area contributed by atoms with Crippen LogP contribution < -0.4 is 0 Å². The smallest absolute Gasteiger partial charge is 0.199 e. The zero-order valence-corrected chi connectivity index (χ0v) is 12.4. The van der Waals surface area contributed by atoms with E-state index in [9.17, 15) is 8.42 Å². The van der Waals surface area contributed by atoms with Gasteiger partial charge in [0.15, 0.2) is 14.9 Å². The second kappa shape index (κ2) is 5.67. The van der Waals surface area contributed by atoms with E-state index in [-0.39, 0.29) is 5.03 Å². The summed E-state index contributed by atoms with van der Waals surface area (Å²) in [6, 6.07) is 1.51. The van der Waals surface area contributed by atoms with Crippen LogP contribution in [0.5, 0.6) is 0 Å². The van der Waals surface area contributed by atoms with Crippen LogP contribution in [-0.4, -0.2) is 24.5 Å². The molecule has 0 N–H and O–H groups in total. The van der Waals surface area contributed by atoms with Crippen LogP contribution in [0.2, 0.25) is 5.02 Å². The summed E-state index contributed by atoms with van der Waals surface area (Å²) in [7, 11) is -3.45. The fourth-order valence-corrected chi connectivity index (χ4v) is 4.22. The molecule has 0 saturated heterocycles. The van der Waals surface area contributed by atoms with E-state index < -0.39 is 15.1 Å². The Morgan fingerprint density at radius 1 is 1.56 bits per heavy atom. The van der Waals surface area contributed by atoms with E-state index in [0.717, 1.165) is 0 Å². The molecule has 90 valence electrons. The fraction of sp³-hybridized carbons (Fsp3) is 0.444. The van der Waals surface area contributed by atoms with Crippen molar-refractivity contribution < 1.29 is 8.42 Å². The van der Waals surface area contributed by atoms with Crippen LogP contribution in [0.15, 0.2) is 21.8 Å². The summed E-state index contributed by atoms with van der Waals surface area (Å²) in [5.41, 5.74) is 0. The number of pyridine rings is 1. The molecular formula is C9H10BrCl2NO2S. The topological polar surface area (TPSA) is 47.0 Å². The van der Waals surface area contributed by atoms with Crippen molar-refractivity contribution in [2.75, 3.05) is 5.88 Å². The van der Waals surface area contributed by atoms with Gasteiger partial charge in [0.1, 0.15) is 0 Å². The van der Waals surface area contributed by atoms with Crippen molar-refractivity contribution in [3.8, 4) is 0 Å². The highest BCUT2D eigenvalue weighted by molar-refractivity contribution is 9.10. The van der Waals surface area contributed by atoms with E-state index in [4.69, 9.17) is 23.2 Å². The zero-order valence-electron chi connectivity index (χ0n) is 8.45. The van der Waals surface area contributed by atoms with Gasteiger partial charge in [-0.1, -0.05) is 11.6 Å². The molecular weight excluding hydrogens is 337 g/mol. The van der Waals surface area contributed by atoms with Crippen molar-refractivity contribution in [2.24, 2.45) is 0 Å². The number of hydrogen-bond acceptors (Lipinski definition) is 3. The van der Waals surface area contributed by atoms with Gasteiger partial charge in [0.05, 0.1) is 14.7 Å². The van der Waals surface area contributed by atoms with E-state index in [1.165, 1.54) is 12.3 Å². The van der Waals surface area contributed by atoms with E-state index in [2.05, 4.69) is 20.9 Å². The van der Waals surface area contributed by atoms with Crippen molar-refractivity contribution in [1.82, 2.24) is 4.98 Å². The predicted octanol–water partition coefficient (Wildman–Crippen LogP) is 3.29. The molecule has 1 heterocycles. The molecule has 0 radical (unpaired) electrons. The molecule has 1 atom stereocenters. The number of aromatic nitrogens is 1. The second-order valence-electron chi connectivity index (χ2n) is 3.27. The summed E-state index contributed by atoms with van der Waals surface area (Å²) in [6.07, 6.45) is 1.70. The maximum absolute atomic E-state index is 12.1. The largest absolute Gasteiger partial charge is 0.242 e. The molecule has 0 bridgehead atoms. The Balaban J connectivity index is 3.17. The van der Waals surface area contributed by atoms with E-state index in [1.54, 1.807) is 6.92 Å². The van der Waals surface area contributed by atoms with Gasteiger partial charge in [-0.2, -0.15) is 0 Å². The van der Waals surface area contributed by atoms with Crippen LogP contribution in [0.3, 0.4) is 0 Å². The van der Waals surface area contributed by atoms with Gasteiger partial charge in [-0.3, -0.25) is 0 Å². The highest BCUT2D eigenvalue weighted by atomic mass is 79.9. The molecule has 3 nitrogen and oxygen atoms in total. The highest BCUT2D eigenvalue weighted by Crippen LogP contribution is 2.26. The zero-order chi connectivity index (χ0) is 12.3. The molecule has 0 saturated carbocycles. The lowest BCUT2D eigenvalue weighted by molar-refractivity contribution is 0.577. The molecule has 0 aliphatic carbocycles. The number of hydrogen-bond donors (Lipinski definition) is 0. The van der Waals surface area contributed by atoms with Gasteiger partial charge in [-0.25, -0.2) is 13.4 Å². The number of alkyl halides is 1. The summed E-state index contributed by atoms with van der Waals surface area (Å²) >= 11 is 14.4. The van der Waals surface area contributed by atoms with Crippen molar-refractivity contribution >= 4 is 49.0 Å². The van der Waals surface area contributed by atoms with Crippen LogP contribution in [0, 0.1) is 0 Å². The molecule has 16 heavy (non-hydrogen) atoms. The predicted molar refractivity (Wildman–Crippen MR) is 68.9 cm³/mol. The Labute approximate surface area is 113 Å². The summed E-state index contributed by atoms with van der Waals surface area (Å²) in [5, 5.41) is -0.166. The third-order valence-electron chi connectivity index (χ3n) is 2.09. The summed E-state index contributed by atoms with van der Waals surface area (Å²) < 4.78 is 24.5. The van der Waals surface area contributed by atoms with Crippen molar-refractivity contribution in [3.05, 3.63) is 21.8 Å². The van der Waals surface area contributed by atoms with Gasteiger partial charge in [-0.05, 0) is 35.3 Å². The van der Waals surface area contributed by atoms with Gasteiger partial charge in [0.2, 0.25) is 0 Å². The standard InChI is InChI=1S/C9H10BrCl2NO2S/c1-6(2-3-11)16(14,15)9-8(10)4-7(12)5-13-9/h4-6H,2-3H2,1H3. The Kier molecular flexibility index (Phi) is 5.04. The van der Waals surface area contributed by atoms with E-state index in [1.807, 2.05) is 0 Å². The number of sulfone groups is 1. The molecule has 1 rings (SSSR count). The minimum absolute atomic E-state index is 0.00881. The first-order valence-corrected chi connectivity index (χ1v) is 7.75.